The Morgan fingerprint density at radius 3 is 2.41 bits per heavy atom. The summed E-state index contributed by atoms with van der Waals surface area (Å²) in [6, 6.07) is -1.28. The first kappa shape index (κ1) is 38.2. The Labute approximate surface area is 274 Å². The third-order valence-corrected chi connectivity index (χ3v) is 9.50. The molecule has 0 aromatic rings. The molecule has 0 unspecified atom stereocenters. The quantitative estimate of drug-likeness (QED) is 0.189. The zero-order valence-corrected chi connectivity index (χ0v) is 28.4. The van der Waals surface area contributed by atoms with Gasteiger partial charge in [-0.1, -0.05) is 76.2 Å². The molecule has 3 rings (SSSR count). The normalized spacial score (nSPS) is 22.6. The van der Waals surface area contributed by atoms with E-state index in [4.69, 9.17) is 14.2 Å². The average Bonchev–Trinajstić information content (AvgIpc) is 3.04. The molecule has 3 atom stereocenters. The van der Waals surface area contributed by atoms with Crippen LogP contribution in [0.1, 0.15) is 90.4 Å². The van der Waals surface area contributed by atoms with Crippen LogP contribution in [0.2, 0.25) is 0 Å². The number of methoxy groups -OCH3 is 1. The molecular weight excluding hydrogens is 596 g/mol. The van der Waals surface area contributed by atoms with Gasteiger partial charge >= 0.3 is 5.92 Å². The van der Waals surface area contributed by atoms with Gasteiger partial charge in [0.2, 0.25) is 17.6 Å². The summed E-state index contributed by atoms with van der Waals surface area (Å²) in [6.07, 6.45) is 16.2. The van der Waals surface area contributed by atoms with Crippen molar-refractivity contribution in [1.82, 2.24) is 15.1 Å². The second kappa shape index (κ2) is 19.0. The summed E-state index contributed by atoms with van der Waals surface area (Å²) >= 11 is 0. The topological polar surface area (TPSA) is 97.4 Å². The van der Waals surface area contributed by atoms with E-state index in [1.807, 2.05) is 36.1 Å². The minimum atomic E-state index is -3.59. The minimum absolute atomic E-state index is 0.0257. The smallest absolute Gasteiger partial charge is 0.319 e. The highest BCUT2D eigenvalue weighted by Crippen LogP contribution is 2.36. The van der Waals surface area contributed by atoms with Crippen molar-refractivity contribution >= 4 is 17.6 Å². The summed E-state index contributed by atoms with van der Waals surface area (Å²) in [5.41, 5.74) is -0.797. The van der Waals surface area contributed by atoms with Crippen LogP contribution < -0.4 is 5.32 Å². The summed E-state index contributed by atoms with van der Waals surface area (Å²) in [6.45, 7) is 2.83. The van der Waals surface area contributed by atoms with Gasteiger partial charge in [-0.15, -0.1) is 0 Å². The molecule has 9 nitrogen and oxygen atoms in total. The monoisotopic (exact) mass is 653 g/mol. The van der Waals surface area contributed by atoms with Gasteiger partial charge in [0.1, 0.15) is 12.9 Å². The molecule has 1 heterocycles. The number of halogens is 2. The lowest BCUT2D eigenvalue weighted by Crippen LogP contribution is -2.54. The van der Waals surface area contributed by atoms with E-state index in [1.165, 1.54) is 19.0 Å². The minimum Gasteiger partial charge on any atom is -0.368 e. The standard InChI is InChI=1S/C35H57F2N3O6/c1-5-6-15-30(32(42)38-29(24-27-13-9-7-10-14-27)31(41)35(36,37)25-39(2)3)45-23-20-34(18-11-8-12-19-34)33(43)40-21-16-28(17-22-40)46-26-44-4/h8,11-12,18,27-30H,5-7,9-10,13-17,19-26H2,1-4H3,(H,38,42)/t29-,30-,34-/m0/s1. The number of rotatable bonds is 19. The van der Waals surface area contributed by atoms with E-state index in [0.717, 1.165) is 51.4 Å². The van der Waals surface area contributed by atoms with Gasteiger partial charge in [0.05, 0.1) is 24.1 Å². The Hall–Kier alpha value is -2.21. The van der Waals surface area contributed by atoms with Gasteiger partial charge in [0, 0.05) is 26.8 Å². The number of carbonyl (C=O) groups is 3. The number of piperidine rings is 1. The third kappa shape index (κ3) is 11.5. The molecule has 1 saturated heterocycles. The van der Waals surface area contributed by atoms with Crippen LogP contribution in [0, 0.1) is 11.3 Å². The van der Waals surface area contributed by atoms with Crippen LogP contribution in [0.3, 0.4) is 0 Å². The molecule has 3 aliphatic rings. The second-order valence-corrected chi connectivity index (χ2v) is 13.6. The van der Waals surface area contributed by atoms with E-state index in [9.17, 15) is 14.4 Å². The van der Waals surface area contributed by atoms with Crippen molar-refractivity contribution in [3.05, 3.63) is 24.3 Å². The fourth-order valence-electron chi connectivity index (χ4n) is 6.87. The number of ketones is 1. The number of Topliss-reactive ketones (excluding diaryl/α,β-unsaturated/α-hetero) is 1. The van der Waals surface area contributed by atoms with Crippen LogP contribution in [-0.2, 0) is 28.6 Å². The summed E-state index contributed by atoms with van der Waals surface area (Å²) in [4.78, 5) is 43.9. The van der Waals surface area contributed by atoms with Crippen LogP contribution in [0.15, 0.2) is 24.3 Å². The molecule has 1 aliphatic heterocycles. The lowest BCUT2D eigenvalue weighted by molar-refractivity contribution is -0.151. The molecule has 2 aliphatic carbocycles. The highest BCUT2D eigenvalue weighted by Gasteiger charge is 2.45. The molecular formula is C35H57F2N3O6. The van der Waals surface area contributed by atoms with Crippen molar-refractivity contribution in [2.24, 2.45) is 11.3 Å². The number of nitrogens with one attached hydrogen (secondary N) is 1. The lowest BCUT2D eigenvalue weighted by atomic mass is 9.77. The number of hydrogen-bond donors (Lipinski definition) is 1. The highest BCUT2D eigenvalue weighted by atomic mass is 19.3. The van der Waals surface area contributed by atoms with Gasteiger partial charge in [-0.05, 0) is 58.5 Å². The van der Waals surface area contributed by atoms with E-state index in [2.05, 4.69) is 5.32 Å². The van der Waals surface area contributed by atoms with Crippen molar-refractivity contribution < 1.29 is 37.4 Å². The molecule has 262 valence electrons. The molecule has 0 radical (unpaired) electrons. The van der Waals surface area contributed by atoms with Crippen molar-refractivity contribution in [1.29, 1.82) is 0 Å². The Balaban J connectivity index is 1.68. The number of hydrogen-bond acceptors (Lipinski definition) is 7. The molecule has 0 bridgehead atoms. The van der Waals surface area contributed by atoms with E-state index in [0.29, 0.717) is 38.8 Å². The van der Waals surface area contributed by atoms with Gasteiger partial charge in [0.25, 0.3) is 0 Å². The number of likely N-dealkylation sites (tertiary alicyclic amines) is 1. The number of allylic oxidation sites excluding steroid dienone is 3. The Kier molecular flexibility index (Phi) is 15.8. The summed E-state index contributed by atoms with van der Waals surface area (Å²) in [5, 5.41) is 2.71. The predicted octanol–water partition coefficient (Wildman–Crippen LogP) is 5.29. The molecule has 0 aromatic heterocycles. The molecule has 1 saturated carbocycles. The first-order chi connectivity index (χ1) is 22.0. The zero-order valence-electron chi connectivity index (χ0n) is 28.4. The van der Waals surface area contributed by atoms with Crippen LogP contribution >= 0.6 is 0 Å². The largest absolute Gasteiger partial charge is 0.368 e. The van der Waals surface area contributed by atoms with Gasteiger partial charge in [-0.3, -0.25) is 14.4 Å². The summed E-state index contributed by atoms with van der Waals surface area (Å²) in [7, 11) is 4.59. The number of nitrogens with zero attached hydrogens (tertiary/aromatic N) is 2. The van der Waals surface area contributed by atoms with Crippen LogP contribution in [-0.4, -0.2) is 106 Å². The SMILES string of the molecule is CCCC[C@H](OCC[C@]1(C(=O)N2CCC(OCOC)CC2)C=CC=CC1)C(=O)N[C@@H](CC1CCCCC1)C(=O)C(F)(F)CN(C)C. The maximum absolute atomic E-state index is 15.0. The molecule has 46 heavy (non-hydrogen) atoms. The van der Waals surface area contributed by atoms with Gasteiger partial charge in [-0.25, -0.2) is 0 Å². The highest BCUT2D eigenvalue weighted by molar-refractivity contribution is 5.94. The molecule has 0 spiro atoms. The zero-order chi connectivity index (χ0) is 33.6. The van der Waals surface area contributed by atoms with Gasteiger partial charge in [0.15, 0.2) is 0 Å². The van der Waals surface area contributed by atoms with Crippen LogP contribution in [0.25, 0.3) is 0 Å². The molecule has 2 amide bonds. The lowest BCUT2D eigenvalue weighted by Gasteiger charge is -2.39. The molecule has 11 heteroatoms. The van der Waals surface area contributed by atoms with Crippen molar-refractivity contribution in [2.75, 3.05) is 54.2 Å². The second-order valence-electron chi connectivity index (χ2n) is 13.6. The van der Waals surface area contributed by atoms with Crippen LogP contribution in [0.4, 0.5) is 8.78 Å². The van der Waals surface area contributed by atoms with Crippen molar-refractivity contribution in [3.63, 3.8) is 0 Å². The fourth-order valence-corrected chi connectivity index (χ4v) is 6.87. The molecule has 1 N–H and O–H groups in total. The third-order valence-electron chi connectivity index (χ3n) is 9.50. The van der Waals surface area contributed by atoms with E-state index >= 15 is 8.78 Å². The molecule has 2 fully saturated rings. The van der Waals surface area contributed by atoms with Gasteiger partial charge in [-0.2, -0.15) is 8.78 Å². The fraction of sp³-hybridized carbons (Fsp3) is 0.800. The maximum Gasteiger partial charge on any atom is 0.319 e. The number of unbranched alkanes of at least 4 members (excludes halogenated alkanes) is 1. The van der Waals surface area contributed by atoms with Crippen molar-refractivity contribution in [2.45, 2.75) is 115 Å². The van der Waals surface area contributed by atoms with Crippen LogP contribution in [0.5, 0.6) is 0 Å². The van der Waals surface area contributed by atoms with E-state index < -0.39 is 41.7 Å². The first-order valence-electron chi connectivity index (χ1n) is 17.2. The predicted molar refractivity (Wildman–Crippen MR) is 173 cm³/mol. The average molecular weight is 654 g/mol. The van der Waals surface area contributed by atoms with E-state index in [-0.39, 0.29) is 37.7 Å². The first-order valence-corrected chi connectivity index (χ1v) is 17.2. The Bertz CT molecular complexity index is 1020. The van der Waals surface area contributed by atoms with Gasteiger partial charge < -0.3 is 29.3 Å². The molecule has 0 aromatic carbocycles. The number of alkyl halides is 2. The number of amides is 2. The van der Waals surface area contributed by atoms with Crippen molar-refractivity contribution in [3.8, 4) is 0 Å². The summed E-state index contributed by atoms with van der Waals surface area (Å²) < 4.78 is 47.0. The number of ether oxygens (including phenoxy) is 3. The number of carbonyl (C=O) groups excluding carboxylic acids is 3. The Morgan fingerprint density at radius 1 is 1.09 bits per heavy atom. The maximum atomic E-state index is 15.0. The van der Waals surface area contributed by atoms with E-state index in [1.54, 1.807) is 7.11 Å². The Morgan fingerprint density at radius 2 is 1.80 bits per heavy atom. The summed E-state index contributed by atoms with van der Waals surface area (Å²) in [5.74, 6) is -5.23.